The number of hydrogen-bond donors (Lipinski definition) is 1. The molecule has 0 aliphatic carbocycles. The molecule has 3 aromatic rings. The maximum Gasteiger partial charge on any atom is 0.254 e. The van der Waals surface area contributed by atoms with Crippen LogP contribution in [0.15, 0.2) is 54.0 Å². The molecule has 0 saturated carbocycles. The minimum atomic E-state index is -0.198. The second-order valence-corrected chi connectivity index (χ2v) is 6.49. The summed E-state index contributed by atoms with van der Waals surface area (Å²) >= 11 is 1.60. The van der Waals surface area contributed by atoms with Crippen molar-refractivity contribution >= 4 is 17.2 Å². The molecule has 128 valence electrons. The van der Waals surface area contributed by atoms with Crippen LogP contribution in [0.3, 0.4) is 0 Å². The Morgan fingerprint density at radius 2 is 2.04 bits per heavy atom. The first-order valence-corrected chi connectivity index (χ1v) is 8.80. The van der Waals surface area contributed by atoms with E-state index in [0.717, 1.165) is 10.4 Å². The van der Waals surface area contributed by atoms with E-state index in [1.165, 1.54) is 0 Å². The third-order valence-electron chi connectivity index (χ3n) is 3.85. The summed E-state index contributed by atoms with van der Waals surface area (Å²) in [5.74, 6) is 0.415. The maximum absolute atomic E-state index is 12.5. The standard InChI is InChI=1S/C19H19N3O2S/c1-13-15(11-20-18(22-13)14-7-4-3-5-8-14)19(23)21-12-16(24-2)17-9-6-10-25-17/h3-11,16H,12H2,1-2H3,(H,21,23). The predicted octanol–water partition coefficient (Wildman–Crippen LogP) is 3.63. The Balaban J connectivity index is 1.70. The monoisotopic (exact) mass is 353 g/mol. The van der Waals surface area contributed by atoms with Crippen LogP contribution >= 0.6 is 11.3 Å². The van der Waals surface area contributed by atoms with Gasteiger partial charge in [-0.05, 0) is 18.4 Å². The molecule has 25 heavy (non-hydrogen) atoms. The topological polar surface area (TPSA) is 64.1 Å². The van der Waals surface area contributed by atoms with Crippen molar-refractivity contribution in [2.24, 2.45) is 0 Å². The van der Waals surface area contributed by atoms with Crippen molar-refractivity contribution in [3.05, 3.63) is 70.2 Å². The fourth-order valence-corrected chi connectivity index (χ4v) is 3.27. The minimum Gasteiger partial charge on any atom is -0.374 e. The third kappa shape index (κ3) is 4.10. The normalized spacial score (nSPS) is 11.9. The number of carbonyl (C=O) groups excluding carboxylic acids is 1. The molecular formula is C19H19N3O2S. The molecule has 1 amide bonds. The number of nitrogens with zero attached hydrogens (tertiary/aromatic N) is 2. The van der Waals surface area contributed by atoms with E-state index in [1.807, 2.05) is 54.8 Å². The van der Waals surface area contributed by atoms with E-state index in [0.29, 0.717) is 23.6 Å². The number of thiophene rings is 1. The second-order valence-electron chi connectivity index (χ2n) is 5.51. The zero-order valence-electron chi connectivity index (χ0n) is 14.1. The molecule has 0 aliphatic rings. The third-order valence-corrected chi connectivity index (χ3v) is 4.81. The average molecular weight is 353 g/mol. The number of benzene rings is 1. The van der Waals surface area contributed by atoms with E-state index < -0.39 is 0 Å². The molecule has 2 aromatic heterocycles. The number of hydrogen-bond acceptors (Lipinski definition) is 5. The Bertz CT molecular complexity index is 835. The summed E-state index contributed by atoms with van der Waals surface area (Å²) in [6.45, 7) is 2.21. The number of rotatable bonds is 6. The van der Waals surface area contributed by atoms with Crippen LogP contribution in [-0.4, -0.2) is 29.5 Å². The van der Waals surface area contributed by atoms with E-state index in [1.54, 1.807) is 24.6 Å². The van der Waals surface area contributed by atoms with Crippen LogP contribution in [0.25, 0.3) is 11.4 Å². The summed E-state index contributed by atoms with van der Waals surface area (Å²) in [6.07, 6.45) is 1.42. The highest BCUT2D eigenvalue weighted by atomic mass is 32.1. The molecular weight excluding hydrogens is 334 g/mol. The number of ether oxygens (including phenoxy) is 1. The Morgan fingerprint density at radius 1 is 1.24 bits per heavy atom. The van der Waals surface area contributed by atoms with Gasteiger partial charge in [0.05, 0.1) is 11.3 Å². The molecule has 1 atom stereocenters. The van der Waals surface area contributed by atoms with Gasteiger partial charge in [0, 0.05) is 30.3 Å². The highest BCUT2D eigenvalue weighted by Crippen LogP contribution is 2.21. The minimum absolute atomic E-state index is 0.159. The Kier molecular flexibility index (Phi) is 5.53. The summed E-state index contributed by atoms with van der Waals surface area (Å²) in [5.41, 5.74) is 2.05. The summed E-state index contributed by atoms with van der Waals surface area (Å²) in [6, 6.07) is 13.7. The van der Waals surface area contributed by atoms with Crippen molar-refractivity contribution in [2.75, 3.05) is 13.7 Å². The van der Waals surface area contributed by atoms with Crippen LogP contribution in [0.1, 0.15) is 27.0 Å². The van der Waals surface area contributed by atoms with Gasteiger partial charge in [-0.1, -0.05) is 36.4 Å². The van der Waals surface area contributed by atoms with Crippen LogP contribution in [0, 0.1) is 6.92 Å². The molecule has 0 fully saturated rings. The lowest BCUT2D eigenvalue weighted by Gasteiger charge is -2.15. The fraction of sp³-hybridized carbons (Fsp3) is 0.211. The molecule has 1 aromatic carbocycles. The predicted molar refractivity (Wildman–Crippen MR) is 98.6 cm³/mol. The molecule has 6 heteroatoms. The van der Waals surface area contributed by atoms with Gasteiger partial charge in [0.15, 0.2) is 5.82 Å². The van der Waals surface area contributed by atoms with E-state index >= 15 is 0 Å². The molecule has 0 radical (unpaired) electrons. The van der Waals surface area contributed by atoms with Crippen LogP contribution in [0.2, 0.25) is 0 Å². The first-order valence-electron chi connectivity index (χ1n) is 7.92. The van der Waals surface area contributed by atoms with E-state index in [4.69, 9.17) is 4.74 Å². The summed E-state index contributed by atoms with van der Waals surface area (Å²) in [5, 5.41) is 4.89. The lowest BCUT2D eigenvalue weighted by atomic mass is 10.2. The van der Waals surface area contributed by atoms with Gasteiger partial charge in [-0.25, -0.2) is 9.97 Å². The van der Waals surface area contributed by atoms with Crippen molar-refractivity contribution < 1.29 is 9.53 Å². The Morgan fingerprint density at radius 3 is 2.68 bits per heavy atom. The number of methoxy groups -OCH3 is 1. The van der Waals surface area contributed by atoms with Gasteiger partial charge in [0.1, 0.15) is 6.10 Å². The van der Waals surface area contributed by atoms with Crippen LogP contribution in [-0.2, 0) is 4.74 Å². The van der Waals surface area contributed by atoms with Gasteiger partial charge in [-0.15, -0.1) is 11.3 Å². The van der Waals surface area contributed by atoms with Gasteiger partial charge in [-0.2, -0.15) is 0 Å². The number of nitrogens with one attached hydrogen (secondary N) is 1. The Hall–Kier alpha value is -2.57. The number of amides is 1. The van der Waals surface area contributed by atoms with Gasteiger partial charge in [0.25, 0.3) is 5.91 Å². The largest absolute Gasteiger partial charge is 0.374 e. The first-order chi connectivity index (χ1) is 12.2. The summed E-state index contributed by atoms with van der Waals surface area (Å²) in [4.78, 5) is 22.3. The van der Waals surface area contributed by atoms with Crippen molar-refractivity contribution in [1.29, 1.82) is 0 Å². The molecule has 0 aliphatic heterocycles. The van der Waals surface area contributed by atoms with Crippen molar-refractivity contribution in [3.63, 3.8) is 0 Å². The molecule has 5 nitrogen and oxygen atoms in total. The highest BCUT2D eigenvalue weighted by Gasteiger charge is 2.16. The maximum atomic E-state index is 12.5. The Labute approximate surface area is 150 Å². The van der Waals surface area contributed by atoms with Gasteiger partial charge in [0.2, 0.25) is 0 Å². The summed E-state index contributed by atoms with van der Waals surface area (Å²) < 4.78 is 5.45. The van der Waals surface area contributed by atoms with Crippen molar-refractivity contribution in [3.8, 4) is 11.4 Å². The van der Waals surface area contributed by atoms with E-state index in [-0.39, 0.29) is 12.0 Å². The quantitative estimate of drug-likeness (QED) is 0.735. The van der Waals surface area contributed by atoms with Crippen LogP contribution in [0.4, 0.5) is 0 Å². The van der Waals surface area contributed by atoms with Crippen LogP contribution < -0.4 is 5.32 Å². The van der Waals surface area contributed by atoms with Gasteiger partial charge in [-0.3, -0.25) is 4.79 Å². The smallest absolute Gasteiger partial charge is 0.254 e. The van der Waals surface area contributed by atoms with Crippen molar-refractivity contribution in [2.45, 2.75) is 13.0 Å². The zero-order chi connectivity index (χ0) is 17.6. The van der Waals surface area contributed by atoms with Gasteiger partial charge >= 0.3 is 0 Å². The molecule has 2 heterocycles. The lowest BCUT2D eigenvalue weighted by Crippen LogP contribution is -2.29. The molecule has 0 saturated heterocycles. The van der Waals surface area contributed by atoms with Crippen LogP contribution in [0.5, 0.6) is 0 Å². The zero-order valence-corrected chi connectivity index (χ0v) is 14.9. The molecule has 1 unspecified atom stereocenters. The number of aryl methyl sites for hydroxylation is 1. The lowest BCUT2D eigenvalue weighted by molar-refractivity contribution is 0.0836. The van der Waals surface area contributed by atoms with Gasteiger partial charge < -0.3 is 10.1 Å². The molecule has 3 rings (SSSR count). The van der Waals surface area contributed by atoms with E-state index in [9.17, 15) is 4.79 Å². The molecule has 1 N–H and O–H groups in total. The molecule has 0 bridgehead atoms. The SMILES string of the molecule is COC(CNC(=O)c1cnc(-c2ccccc2)nc1C)c1cccs1. The first kappa shape index (κ1) is 17.3. The highest BCUT2D eigenvalue weighted by molar-refractivity contribution is 7.10. The number of carbonyl (C=O) groups is 1. The summed E-state index contributed by atoms with van der Waals surface area (Å²) in [7, 11) is 1.64. The fourth-order valence-electron chi connectivity index (χ4n) is 2.47. The average Bonchev–Trinajstić information content (AvgIpc) is 3.17. The molecule has 0 spiro atoms. The number of aromatic nitrogens is 2. The van der Waals surface area contributed by atoms with E-state index in [2.05, 4.69) is 15.3 Å². The van der Waals surface area contributed by atoms with Crippen molar-refractivity contribution in [1.82, 2.24) is 15.3 Å². The second kappa shape index (κ2) is 8.00.